The summed E-state index contributed by atoms with van der Waals surface area (Å²) in [5, 5.41) is 11.8. The van der Waals surface area contributed by atoms with Crippen LogP contribution in [0.1, 0.15) is 41.0 Å². The molecule has 0 saturated heterocycles. The van der Waals surface area contributed by atoms with E-state index in [1.54, 1.807) is 6.20 Å². The van der Waals surface area contributed by atoms with E-state index in [-0.39, 0.29) is 0 Å². The van der Waals surface area contributed by atoms with E-state index in [9.17, 15) is 4.79 Å². The van der Waals surface area contributed by atoms with E-state index in [0.29, 0.717) is 12.0 Å². The van der Waals surface area contributed by atoms with Crippen LogP contribution in [0.5, 0.6) is 0 Å². The highest BCUT2D eigenvalue weighted by atomic mass is 16.6. The zero-order chi connectivity index (χ0) is 15.3. The van der Waals surface area contributed by atoms with Crippen LogP contribution >= 0.6 is 0 Å². The number of rotatable bonds is 4. The molecule has 0 fully saturated rings. The summed E-state index contributed by atoms with van der Waals surface area (Å²) < 4.78 is 5.21. The van der Waals surface area contributed by atoms with Gasteiger partial charge < -0.3 is 15.0 Å². The summed E-state index contributed by atoms with van der Waals surface area (Å²) in [6.45, 7) is 9.15. The van der Waals surface area contributed by atoms with Gasteiger partial charge in [-0.1, -0.05) is 0 Å². The van der Waals surface area contributed by atoms with Crippen LogP contribution < -0.4 is 5.32 Å². The largest absolute Gasteiger partial charge is 0.444 e. The highest BCUT2D eigenvalue weighted by Gasteiger charge is 2.25. The minimum absolute atomic E-state index is 0.445. The molecule has 1 amide bonds. The van der Waals surface area contributed by atoms with Crippen molar-refractivity contribution in [2.24, 2.45) is 0 Å². The highest BCUT2D eigenvalue weighted by Crippen LogP contribution is 2.17. The Labute approximate surface area is 116 Å². The maximum Gasteiger partial charge on any atom is 0.408 e. The minimum atomic E-state index is -0.542. The Bertz CT molecular complexity index is 384. The van der Waals surface area contributed by atoms with E-state index in [1.165, 1.54) is 0 Å². The molecule has 0 aliphatic rings. The van der Waals surface area contributed by atoms with Crippen molar-refractivity contribution in [2.45, 2.75) is 52.2 Å². The predicted molar refractivity (Wildman–Crippen MR) is 75.4 cm³/mol. The second kappa shape index (κ2) is 6.46. The lowest BCUT2D eigenvalue weighted by Crippen LogP contribution is -2.46. The highest BCUT2D eigenvalue weighted by molar-refractivity contribution is 5.68. The lowest BCUT2D eigenvalue weighted by Gasteiger charge is -2.28. The first-order valence-corrected chi connectivity index (χ1v) is 6.23. The average Bonchev–Trinajstić information content (AvgIpc) is 2.10. The number of carbonyl (C=O) groups is 1. The van der Waals surface area contributed by atoms with Crippen molar-refractivity contribution < 1.29 is 9.53 Å². The molecular formula is C14H25N3O2. The third-order valence-corrected chi connectivity index (χ3v) is 2.03. The maximum atomic E-state index is 11.7. The van der Waals surface area contributed by atoms with E-state index in [4.69, 9.17) is 10.00 Å². The van der Waals surface area contributed by atoms with Gasteiger partial charge >= 0.3 is 6.09 Å². The fourth-order valence-corrected chi connectivity index (χ4v) is 1.53. The molecule has 0 bridgehead atoms. The van der Waals surface area contributed by atoms with Crippen molar-refractivity contribution in [3.63, 3.8) is 0 Å². The van der Waals surface area contributed by atoms with Crippen LogP contribution in [0.2, 0.25) is 0 Å². The molecule has 0 saturated carbocycles. The molecule has 0 aliphatic carbocycles. The summed E-state index contributed by atoms with van der Waals surface area (Å²) in [5.41, 5.74) is -0.469. The second-order valence-corrected chi connectivity index (χ2v) is 6.42. The third kappa shape index (κ3) is 8.95. The van der Waals surface area contributed by atoms with Crippen LogP contribution in [0.3, 0.4) is 0 Å². The third-order valence-electron chi connectivity index (χ3n) is 2.03. The second-order valence-electron chi connectivity index (χ2n) is 6.42. The van der Waals surface area contributed by atoms with Gasteiger partial charge in [0.25, 0.3) is 0 Å². The van der Waals surface area contributed by atoms with E-state index < -0.39 is 17.2 Å². The van der Waals surface area contributed by atoms with Crippen LogP contribution in [0.15, 0.2) is 11.8 Å². The number of nitrogens with zero attached hydrogens (tertiary/aromatic N) is 2. The number of carbonyl (C=O) groups excluding carboxylic acids is 1. The molecule has 0 aliphatic heterocycles. The summed E-state index contributed by atoms with van der Waals surface area (Å²) in [4.78, 5) is 13.5. The van der Waals surface area contributed by atoms with Crippen molar-refractivity contribution in [3.05, 3.63) is 11.8 Å². The van der Waals surface area contributed by atoms with Crippen LogP contribution in [0, 0.1) is 11.3 Å². The number of hydrogen-bond donors (Lipinski definition) is 1. The van der Waals surface area contributed by atoms with Gasteiger partial charge in [-0.2, -0.15) is 5.26 Å². The molecule has 1 N–H and O–H groups in total. The van der Waals surface area contributed by atoms with Gasteiger partial charge in [0.05, 0.1) is 6.07 Å². The Balaban J connectivity index is 4.64. The first-order valence-electron chi connectivity index (χ1n) is 6.23. The monoisotopic (exact) mass is 267 g/mol. The summed E-state index contributed by atoms with van der Waals surface area (Å²) in [6, 6.07) is 2.14. The van der Waals surface area contributed by atoms with Gasteiger partial charge in [-0.15, -0.1) is 0 Å². The van der Waals surface area contributed by atoms with Crippen molar-refractivity contribution >= 4 is 6.09 Å². The lowest BCUT2D eigenvalue weighted by molar-refractivity contribution is 0.0473. The number of hydrogen-bond acceptors (Lipinski definition) is 4. The fourth-order valence-electron chi connectivity index (χ4n) is 1.53. The summed E-state index contributed by atoms with van der Waals surface area (Å²) in [6.07, 6.45) is 1.72. The van der Waals surface area contributed by atoms with Crippen LogP contribution in [0.4, 0.5) is 4.79 Å². The average molecular weight is 267 g/mol. The van der Waals surface area contributed by atoms with Gasteiger partial charge in [0.15, 0.2) is 0 Å². The SMILES string of the molecule is CN(C)/C=C(\C#N)CC(C)(C)NC(=O)OC(C)(C)C. The molecule has 0 unspecified atom stereocenters. The zero-order valence-electron chi connectivity index (χ0n) is 13.0. The molecular weight excluding hydrogens is 242 g/mol. The van der Waals surface area contributed by atoms with Gasteiger partial charge in [0.2, 0.25) is 0 Å². The quantitative estimate of drug-likeness (QED) is 0.795. The van der Waals surface area contributed by atoms with Crippen LogP contribution in [-0.2, 0) is 4.74 Å². The normalized spacial score (nSPS) is 12.6. The Kier molecular flexibility index (Phi) is 5.88. The maximum absolute atomic E-state index is 11.7. The molecule has 0 aromatic rings. The van der Waals surface area contributed by atoms with Crippen molar-refractivity contribution in [1.29, 1.82) is 5.26 Å². The van der Waals surface area contributed by atoms with Gasteiger partial charge in [0.1, 0.15) is 5.60 Å². The fraction of sp³-hybridized carbons (Fsp3) is 0.714. The number of nitrogens with one attached hydrogen (secondary N) is 1. The van der Waals surface area contributed by atoms with Crippen molar-refractivity contribution in [2.75, 3.05) is 14.1 Å². The van der Waals surface area contributed by atoms with Gasteiger partial charge in [-0.3, -0.25) is 0 Å². The molecule has 19 heavy (non-hydrogen) atoms. The van der Waals surface area contributed by atoms with E-state index in [1.807, 2.05) is 53.6 Å². The first kappa shape index (κ1) is 17.3. The molecule has 0 spiro atoms. The van der Waals surface area contributed by atoms with Crippen molar-refractivity contribution in [1.82, 2.24) is 10.2 Å². The molecule has 5 heteroatoms. The Morgan fingerprint density at radius 2 is 1.84 bits per heavy atom. The molecule has 0 radical (unpaired) electrons. The molecule has 0 atom stereocenters. The summed E-state index contributed by atoms with van der Waals surface area (Å²) in [7, 11) is 3.71. The van der Waals surface area contributed by atoms with Gasteiger partial charge in [-0.25, -0.2) is 4.79 Å². The molecule has 108 valence electrons. The smallest absolute Gasteiger partial charge is 0.408 e. The van der Waals surface area contributed by atoms with Crippen LogP contribution in [0.25, 0.3) is 0 Å². The topological polar surface area (TPSA) is 65.4 Å². The first-order chi connectivity index (χ1) is 8.45. The molecule has 0 aromatic carbocycles. The lowest BCUT2D eigenvalue weighted by atomic mass is 9.96. The predicted octanol–water partition coefficient (Wildman–Crippen LogP) is 2.65. The Morgan fingerprint density at radius 3 is 2.21 bits per heavy atom. The number of nitriles is 1. The Morgan fingerprint density at radius 1 is 1.32 bits per heavy atom. The standard InChI is InChI=1S/C14H25N3O2/c1-13(2,3)19-12(18)16-14(4,5)8-11(9-15)10-17(6)7/h10H,8H2,1-7H3,(H,16,18)/b11-10-. The molecule has 0 rings (SSSR count). The van der Waals surface area contributed by atoms with Crippen molar-refractivity contribution in [3.8, 4) is 6.07 Å². The van der Waals surface area contributed by atoms with E-state index in [0.717, 1.165) is 0 Å². The van der Waals surface area contributed by atoms with Crippen LogP contribution in [-0.4, -0.2) is 36.2 Å². The summed E-state index contributed by atoms with van der Waals surface area (Å²) >= 11 is 0. The number of amides is 1. The Hall–Kier alpha value is -1.70. The number of ether oxygens (including phenoxy) is 1. The number of alkyl carbamates (subject to hydrolysis) is 1. The molecule has 0 aromatic heterocycles. The van der Waals surface area contributed by atoms with E-state index in [2.05, 4.69) is 11.4 Å². The molecule has 0 heterocycles. The minimum Gasteiger partial charge on any atom is -0.444 e. The zero-order valence-corrected chi connectivity index (χ0v) is 13.0. The van der Waals surface area contributed by atoms with Gasteiger partial charge in [-0.05, 0) is 34.6 Å². The van der Waals surface area contributed by atoms with E-state index >= 15 is 0 Å². The van der Waals surface area contributed by atoms with Gasteiger partial charge in [0, 0.05) is 37.8 Å². The summed E-state index contributed by atoms with van der Waals surface area (Å²) in [5.74, 6) is 0. The molecule has 5 nitrogen and oxygen atoms in total.